The van der Waals surface area contributed by atoms with E-state index in [-0.39, 0.29) is 18.1 Å². The van der Waals surface area contributed by atoms with E-state index in [1.54, 1.807) is 32.0 Å². The highest BCUT2D eigenvalue weighted by Gasteiger charge is 2.31. The molecule has 3 rings (SSSR count). The molecule has 0 atom stereocenters. The van der Waals surface area contributed by atoms with Gasteiger partial charge < -0.3 is 9.67 Å². The Bertz CT molecular complexity index is 833. The van der Waals surface area contributed by atoms with Crippen molar-refractivity contribution in [1.82, 2.24) is 9.47 Å². The summed E-state index contributed by atoms with van der Waals surface area (Å²) in [5.74, 6) is 0.503. The number of Topliss-reactive ketones (excluding diaryl/α,β-unsaturated/α-hetero) is 1. The lowest BCUT2D eigenvalue weighted by molar-refractivity contribution is -0.141. The molecule has 28 heavy (non-hydrogen) atoms. The van der Waals surface area contributed by atoms with E-state index in [4.69, 9.17) is 0 Å². The van der Waals surface area contributed by atoms with Crippen LogP contribution >= 0.6 is 0 Å². The van der Waals surface area contributed by atoms with Gasteiger partial charge in [0.05, 0.1) is 6.54 Å². The van der Waals surface area contributed by atoms with Gasteiger partial charge in [-0.05, 0) is 69.5 Å². The van der Waals surface area contributed by atoms with Gasteiger partial charge in [0.15, 0.2) is 5.78 Å². The number of benzene rings is 1. The molecule has 0 unspecified atom stereocenters. The molecule has 2 aromatic rings. The standard InChI is InChI=1S/C21H25F3N2O2/c1-14-11-19(15(2)26(14)13-21(22,23)24)20(28)12-25-9-7-17(8-10-25)16-3-5-18(27)6-4-16/h3-6,11,17,27H,7-10,12-13H2,1-2H3. The van der Waals surface area contributed by atoms with Gasteiger partial charge in [-0.1, -0.05) is 12.1 Å². The van der Waals surface area contributed by atoms with Crippen LogP contribution in [0.15, 0.2) is 30.3 Å². The van der Waals surface area contributed by atoms with Gasteiger partial charge in [-0.2, -0.15) is 13.2 Å². The van der Waals surface area contributed by atoms with Gasteiger partial charge in [0.1, 0.15) is 12.3 Å². The number of halogens is 3. The molecule has 1 aliphatic heterocycles. The molecule has 0 aliphatic carbocycles. The molecule has 1 aromatic heterocycles. The minimum absolute atomic E-state index is 0.135. The first-order valence-electron chi connectivity index (χ1n) is 9.42. The van der Waals surface area contributed by atoms with Crippen molar-refractivity contribution in [2.75, 3.05) is 19.6 Å². The number of phenolic OH excluding ortho intramolecular Hbond substituents is 1. The van der Waals surface area contributed by atoms with Gasteiger partial charge in [0.2, 0.25) is 0 Å². The van der Waals surface area contributed by atoms with E-state index in [1.807, 2.05) is 12.1 Å². The molecule has 1 aliphatic rings. The number of carbonyl (C=O) groups excluding carboxylic acids is 1. The van der Waals surface area contributed by atoms with Crippen molar-refractivity contribution in [3.63, 3.8) is 0 Å². The lowest BCUT2D eigenvalue weighted by Crippen LogP contribution is -2.37. The highest BCUT2D eigenvalue weighted by molar-refractivity contribution is 5.99. The number of hydrogen-bond donors (Lipinski definition) is 1. The maximum absolute atomic E-state index is 12.8. The Morgan fingerprint density at radius 2 is 1.75 bits per heavy atom. The summed E-state index contributed by atoms with van der Waals surface area (Å²) in [4.78, 5) is 14.8. The fourth-order valence-corrected chi connectivity index (χ4v) is 3.97. The van der Waals surface area contributed by atoms with Crippen LogP contribution < -0.4 is 0 Å². The molecule has 7 heteroatoms. The molecule has 4 nitrogen and oxygen atoms in total. The van der Waals surface area contributed by atoms with Crippen molar-refractivity contribution < 1.29 is 23.1 Å². The van der Waals surface area contributed by atoms with E-state index in [9.17, 15) is 23.1 Å². The summed E-state index contributed by atoms with van der Waals surface area (Å²) in [7, 11) is 0. The molecule has 0 amide bonds. The molecule has 2 heterocycles. The van der Waals surface area contributed by atoms with E-state index in [1.165, 1.54) is 5.56 Å². The smallest absolute Gasteiger partial charge is 0.406 e. The zero-order valence-corrected chi connectivity index (χ0v) is 16.1. The maximum Gasteiger partial charge on any atom is 0.406 e. The normalized spacial score (nSPS) is 16.5. The molecule has 0 bridgehead atoms. The number of carbonyl (C=O) groups is 1. The molecular weight excluding hydrogens is 369 g/mol. The number of phenols is 1. The Morgan fingerprint density at radius 1 is 1.14 bits per heavy atom. The zero-order valence-electron chi connectivity index (χ0n) is 16.1. The molecule has 0 spiro atoms. The predicted molar refractivity (Wildman–Crippen MR) is 101 cm³/mol. The van der Waals surface area contributed by atoms with Gasteiger partial charge in [-0.25, -0.2) is 0 Å². The molecule has 1 saturated heterocycles. The second-order valence-electron chi connectivity index (χ2n) is 7.55. The summed E-state index contributed by atoms with van der Waals surface area (Å²) < 4.78 is 39.4. The summed E-state index contributed by atoms with van der Waals surface area (Å²) in [6.45, 7) is 3.84. The van der Waals surface area contributed by atoms with Gasteiger partial charge in [0.25, 0.3) is 0 Å². The Labute approximate surface area is 162 Å². The van der Waals surface area contributed by atoms with Crippen LogP contribution in [-0.2, 0) is 6.54 Å². The molecule has 1 N–H and O–H groups in total. The van der Waals surface area contributed by atoms with E-state index >= 15 is 0 Å². The second kappa shape index (κ2) is 7.99. The highest BCUT2D eigenvalue weighted by Crippen LogP contribution is 2.29. The van der Waals surface area contributed by atoms with Crippen LogP contribution in [0.1, 0.15) is 46.1 Å². The third kappa shape index (κ3) is 4.76. The first-order valence-corrected chi connectivity index (χ1v) is 9.42. The van der Waals surface area contributed by atoms with Crippen molar-refractivity contribution >= 4 is 5.78 Å². The van der Waals surface area contributed by atoms with Crippen LogP contribution in [0.4, 0.5) is 13.2 Å². The molecule has 152 valence electrons. The average Bonchev–Trinajstić information content (AvgIpc) is 2.90. The Morgan fingerprint density at radius 3 is 2.32 bits per heavy atom. The minimum Gasteiger partial charge on any atom is -0.508 e. The van der Waals surface area contributed by atoms with Crippen LogP contribution in [0.3, 0.4) is 0 Å². The lowest BCUT2D eigenvalue weighted by atomic mass is 9.89. The van der Waals surface area contributed by atoms with E-state index < -0.39 is 12.7 Å². The van der Waals surface area contributed by atoms with Crippen molar-refractivity contribution in [2.45, 2.75) is 45.3 Å². The molecular formula is C21H25F3N2O2. The number of aryl methyl sites for hydroxylation is 1. The van der Waals surface area contributed by atoms with Crippen molar-refractivity contribution in [1.29, 1.82) is 0 Å². The van der Waals surface area contributed by atoms with Crippen LogP contribution in [0.5, 0.6) is 5.75 Å². The van der Waals surface area contributed by atoms with Crippen molar-refractivity contribution in [3.8, 4) is 5.75 Å². The Kier molecular flexibility index (Phi) is 5.84. The van der Waals surface area contributed by atoms with Gasteiger partial charge in [-0.3, -0.25) is 9.69 Å². The van der Waals surface area contributed by atoms with Crippen LogP contribution in [0, 0.1) is 13.8 Å². The third-order valence-corrected chi connectivity index (χ3v) is 5.53. The first-order chi connectivity index (χ1) is 13.1. The number of alkyl halides is 3. The molecule has 1 aromatic carbocycles. The number of aromatic nitrogens is 1. The van der Waals surface area contributed by atoms with Gasteiger partial charge >= 0.3 is 6.18 Å². The third-order valence-electron chi connectivity index (χ3n) is 5.53. The molecule has 0 saturated carbocycles. The lowest BCUT2D eigenvalue weighted by Gasteiger charge is -2.31. The SMILES string of the molecule is Cc1cc(C(=O)CN2CCC(c3ccc(O)cc3)CC2)c(C)n1CC(F)(F)F. The largest absolute Gasteiger partial charge is 0.508 e. The maximum atomic E-state index is 12.8. The number of hydrogen-bond acceptors (Lipinski definition) is 3. The second-order valence-corrected chi connectivity index (χ2v) is 7.55. The summed E-state index contributed by atoms with van der Waals surface area (Å²) in [5.41, 5.74) is 2.38. The fourth-order valence-electron chi connectivity index (χ4n) is 3.97. The number of nitrogens with zero attached hydrogens (tertiary/aromatic N) is 2. The number of rotatable bonds is 5. The summed E-state index contributed by atoms with van der Waals surface area (Å²) in [6, 6.07) is 8.78. The molecule has 1 fully saturated rings. The molecule has 0 radical (unpaired) electrons. The Balaban J connectivity index is 1.60. The summed E-state index contributed by atoms with van der Waals surface area (Å²) in [6.07, 6.45) is -2.50. The topological polar surface area (TPSA) is 45.5 Å². The van der Waals surface area contributed by atoms with Crippen molar-refractivity contribution in [3.05, 3.63) is 52.8 Å². The average molecular weight is 394 g/mol. The van der Waals surface area contributed by atoms with Gasteiger partial charge in [0, 0.05) is 17.0 Å². The first kappa shape index (κ1) is 20.5. The zero-order chi connectivity index (χ0) is 20.5. The number of piperidine rings is 1. The summed E-state index contributed by atoms with van der Waals surface area (Å²) >= 11 is 0. The number of likely N-dealkylation sites (tertiary alicyclic amines) is 1. The van der Waals surface area contributed by atoms with Crippen LogP contribution in [0.2, 0.25) is 0 Å². The monoisotopic (exact) mass is 394 g/mol. The van der Waals surface area contributed by atoms with Crippen molar-refractivity contribution in [2.24, 2.45) is 0 Å². The fraction of sp³-hybridized carbons (Fsp3) is 0.476. The quantitative estimate of drug-likeness (QED) is 0.763. The minimum atomic E-state index is -4.31. The van der Waals surface area contributed by atoms with Crippen LogP contribution in [-0.4, -0.2) is 46.2 Å². The highest BCUT2D eigenvalue weighted by atomic mass is 19.4. The van der Waals surface area contributed by atoms with Crippen LogP contribution in [0.25, 0.3) is 0 Å². The van der Waals surface area contributed by atoms with E-state index in [2.05, 4.69) is 4.90 Å². The number of ketones is 1. The predicted octanol–water partition coefficient (Wildman–Crippen LogP) is 4.44. The summed E-state index contributed by atoms with van der Waals surface area (Å²) in [5, 5.41) is 9.40. The number of aromatic hydroxyl groups is 1. The van der Waals surface area contributed by atoms with Gasteiger partial charge in [-0.15, -0.1) is 0 Å². The Hall–Kier alpha value is -2.28. The van der Waals surface area contributed by atoms with E-state index in [0.717, 1.165) is 30.5 Å². The van der Waals surface area contributed by atoms with E-state index in [0.29, 0.717) is 22.9 Å².